The van der Waals surface area contributed by atoms with E-state index >= 15 is 0 Å². The number of aromatic amines is 1. The van der Waals surface area contributed by atoms with Crippen molar-refractivity contribution in [1.29, 1.82) is 0 Å². The van der Waals surface area contributed by atoms with Gasteiger partial charge in [0, 0.05) is 18.0 Å². The molecule has 0 amide bonds. The Morgan fingerprint density at radius 1 is 1.12 bits per heavy atom. The topological polar surface area (TPSA) is 80.7 Å². The first-order valence-corrected chi connectivity index (χ1v) is 5.15. The second-order valence-corrected chi connectivity index (χ2v) is 3.59. The van der Waals surface area contributed by atoms with Gasteiger partial charge in [-0.1, -0.05) is 29.4 Å². The molecule has 0 saturated heterocycles. The molecule has 84 valence electrons. The predicted molar refractivity (Wildman–Crippen MR) is 63.9 cm³/mol. The summed E-state index contributed by atoms with van der Waals surface area (Å²) < 4.78 is 4.89. The van der Waals surface area contributed by atoms with Crippen LogP contribution in [-0.4, -0.2) is 15.1 Å². The van der Waals surface area contributed by atoms with E-state index in [9.17, 15) is 0 Å². The molecular formula is C12H10N4O. The van der Waals surface area contributed by atoms with E-state index in [2.05, 4.69) is 15.1 Å². The van der Waals surface area contributed by atoms with E-state index in [1.54, 1.807) is 18.6 Å². The molecule has 0 spiro atoms. The minimum Gasteiger partial charge on any atom is -0.367 e. The normalized spacial score (nSPS) is 10.6. The number of benzene rings is 1. The third-order valence-electron chi connectivity index (χ3n) is 2.57. The average molecular weight is 226 g/mol. The molecule has 0 saturated carbocycles. The van der Waals surface area contributed by atoms with Crippen LogP contribution in [0.25, 0.3) is 22.5 Å². The SMILES string of the molecule is Nc1oncc1-c1ccccc1-c1ncc[nH]1. The fourth-order valence-electron chi connectivity index (χ4n) is 1.79. The van der Waals surface area contributed by atoms with Gasteiger partial charge in [0.2, 0.25) is 5.88 Å². The zero-order valence-corrected chi connectivity index (χ0v) is 8.92. The van der Waals surface area contributed by atoms with E-state index in [1.165, 1.54) is 0 Å². The van der Waals surface area contributed by atoms with E-state index in [4.69, 9.17) is 10.3 Å². The number of H-pyrrole nitrogens is 1. The number of hydrogen-bond acceptors (Lipinski definition) is 4. The van der Waals surface area contributed by atoms with Crippen LogP contribution in [0.3, 0.4) is 0 Å². The number of hydrogen-bond donors (Lipinski definition) is 2. The van der Waals surface area contributed by atoms with E-state index < -0.39 is 0 Å². The summed E-state index contributed by atoms with van der Waals surface area (Å²) in [4.78, 5) is 7.31. The summed E-state index contributed by atoms with van der Waals surface area (Å²) in [6.07, 6.45) is 5.10. The van der Waals surface area contributed by atoms with Crippen LogP contribution in [0.4, 0.5) is 5.88 Å². The van der Waals surface area contributed by atoms with Gasteiger partial charge in [0.15, 0.2) is 0 Å². The van der Waals surface area contributed by atoms with Gasteiger partial charge in [-0.05, 0) is 5.56 Å². The summed E-state index contributed by atoms with van der Waals surface area (Å²) in [5, 5.41) is 3.69. The highest BCUT2D eigenvalue weighted by Gasteiger charge is 2.13. The second-order valence-electron chi connectivity index (χ2n) is 3.59. The van der Waals surface area contributed by atoms with Crippen LogP contribution in [0, 0.1) is 0 Å². The van der Waals surface area contributed by atoms with Crippen LogP contribution < -0.4 is 5.73 Å². The molecule has 0 atom stereocenters. The number of rotatable bonds is 2. The Morgan fingerprint density at radius 3 is 2.59 bits per heavy atom. The van der Waals surface area contributed by atoms with Gasteiger partial charge in [-0.15, -0.1) is 0 Å². The molecule has 3 rings (SSSR count). The van der Waals surface area contributed by atoms with E-state index in [-0.39, 0.29) is 0 Å². The maximum Gasteiger partial charge on any atom is 0.229 e. The molecule has 1 aromatic carbocycles. The number of imidazole rings is 1. The fraction of sp³-hybridized carbons (Fsp3) is 0. The highest BCUT2D eigenvalue weighted by Crippen LogP contribution is 2.33. The van der Waals surface area contributed by atoms with Crippen molar-refractivity contribution in [2.24, 2.45) is 0 Å². The van der Waals surface area contributed by atoms with Gasteiger partial charge in [0.25, 0.3) is 0 Å². The van der Waals surface area contributed by atoms with Gasteiger partial charge in [-0.2, -0.15) is 0 Å². The van der Waals surface area contributed by atoms with E-state index in [0.29, 0.717) is 5.88 Å². The molecule has 17 heavy (non-hydrogen) atoms. The minimum atomic E-state index is 0.309. The maximum absolute atomic E-state index is 5.74. The summed E-state index contributed by atoms with van der Waals surface area (Å²) in [6.45, 7) is 0. The van der Waals surface area contributed by atoms with Crippen molar-refractivity contribution in [2.45, 2.75) is 0 Å². The van der Waals surface area contributed by atoms with Crippen molar-refractivity contribution >= 4 is 5.88 Å². The fourth-order valence-corrected chi connectivity index (χ4v) is 1.79. The Balaban J connectivity index is 2.22. The van der Waals surface area contributed by atoms with Gasteiger partial charge in [-0.3, -0.25) is 0 Å². The summed E-state index contributed by atoms with van der Waals surface area (Å²) >= 11 is 0. The highest BCUT2D eigenvalue weighted by molar-refractivity contribution is 5.84. The predicted octanol–water partition coefficient (Wildman–Crippen LogP) is 2.31. The smallest absolute Gasteiger partial charge is 0.229 e. The van der Waals surface area contributed by atoms with Crippen molar-refractivity contribution < 1.29 is 4.52 Å². The lowest BCUT2D eigenvalue weighted by molar-refractivity contribution is 0.436. The zero-order valence-electron chi connectivity index (χ0n) is 8.92. The minimum absolute atomic E-state index is 0.309. The highest BCUT2D eigenvalue weighted by atomic mass is 16.5. The largest absolute Gasteiger partial charge is 0.367 e. The van der Waals surface area contributed by atoms with Crippen LogP contribution in [0.5, 0.6) is 0 Å². The average Bonchev–Trinajstić information content (AvgIpc) is 3.00. The van der Waals surface area contributed by atoms with Crippen LogP contribution in [0.2, 0.25) is 0 Å². The first kappa shape index (κ1) is 9.65. The van der Waals surface area contributed by atoms with E-state index in [0.717, 1.165) is 22.5 Å². The van der Waals surface area contributed by atoms with Crippen molar-refractivity contribution in [3.63, 3.8) is 0 Å². The maximum atomic E-state index is 5.74. The first-order chi connectivity index (χ1) is 8.36. The molecule has 2 aromatic heterocycles. The van der Waals surface area contributed by atoms with Crippen molar-refractivity contribution in [2.75, 3.05) is 5.73 Å². The molecule has 0 bridgehead atoms. The van der Waals surface area contributed by atoms with Crippen molar-refractivity contribution in [3.05, 3.63) is 42.9 Å². The van der Waals surface area contributed by atoms with Crippen molar-refractivity contribution in [1.82, 2.24) is 15.1 Å². The van der Waals surface area contributed by atoms with Crippen LogP contribution >= 0.6 is 0 Å². The summed E-state index contributed by atoms with van der Waals surface area (Å²) in [5.74, 6) is 1.10. The molecular weight excluding hydrogens is 216 g/mol. The van der Waals surface area contributed by atoms with Crippen molar-refractivity contribution in [3.8, 4) is 22.5 Å². The first-order valence-electron chi connectivity index (χ1n) is 5.15. The molecule has 2 heterocycles. The lowest BCUT2D eigenvalue weighted by atomic mass is 10.0. The Kier molecular flexibility index (Phi) is 2.15. The lowest BCUT2D eigenvalue weighted by Crippen LogP contribution is -1.89. The summed E-state index contributed by atoms with van der Waals surface area (Å²) in [6, 6.07) is 7.82. The number of anilines is 1. The summed E-state index contributed by atoms with van der Waals surface area (Å²) in [5.41, 5.74) is 8.42. The molecule has 5 heteroatoms. The van der Waals surface area contributed by atoms with Crippen LogP contribution in [0.15, 0.2) is 47.4 Å². The number of nitrogen functional groups attached to an aromatic ring is 1. The van der Waals surface area contributed by atoms with Crippen LogP contribution in [0.1, 0.15) is 0 Å². The molecule has 0 radical (unpaired) electrons. The Bertz CT molecular complexity index is 628. The quantitative estimate of drug-likeness (QED) is 0.702. The number of aromatic nitrogens is 3. The monoisotopic (exact) mass is 226 g/mol. The zero-order chi connectivity index (χ0) is 11.7. The van der Waals surface area contributed by atoms with E-state index in [1.807, 2.05) is 24.3 Å². The molecule has 0 fully saturated rings. The Hall–Kier alpha value is -2.56. The standard InChI is InChI=1S/C12H10N4O/c13-11-10(7-16-17-11)8-3-1-2-4-9(8)12-14-5-6-15-12/h1-7H,13H2,(H,14,15). The molecule has 3 N–H and O–H groups in total. The van der Waals surface area contributed by atoms with Gasteiger partial charge in [0.05, 0.1) is 11.8 Å². The van der Waals surface area contributed by atoms with Crippen LogP contribution in [-0.2, 0) is 0 Å². The number of nitrogens with two attached hydrogens (primary N) is 1. The number of nitrogens with zero attached hydrogens (tertiary/aromatic N) is 2. The summed E-state index contributed by atoms with van der Waals surface area (Å²) in [7, 11) is 0. The Morgan fingerprint density at radius 2 is 1.94 bits per heavy atom. The van der Waals surface area contributed by atoms with Gasteiger partial charge >= 0.3 is 0 Å². The number of nitrogens with one attached hydrogen (secondary N) is 1. The molecule has 0 aliphatic heterocycles. The molecule has 3 aromatic rings. The lowest BCUT2D eigenvalue weighted by Gasteiger charge is -2.04. The third-order valence-corrected chi connectivity index (χ3v) is 2.57. The second kappa shape index (κ2) is 3.79. The molecule has 5 nitrogen and oxygen atoms in total. The van der Waals surface area contributed by atoms with Gasteiger partial charge in [0.1, 0.15) is 5.82 Å². The van der Waals surface area contributed by atoms with Gasteiger partial charge < -0.3 is 15.2 Å². The van der Waals surface area contributed by atoms with Gasteiger partial charge in [-0.25, -0.2) is 4.98 Å². The third kappa shape index (κ3) is 1.57. The Labute approximate surface area is 97.3 Å². The molecule has 0 aliphatic rings. The molecule has 0 aliphatic carbocycles. The molecule has 0 unspecified atom stereocenters.